The van der Waals surface area contributed by atoms with E-state index in [1.807, 2.05) is 37.3 Å². The number of carboxylic acid groups (broad SMARTS) is 1. The number of hydrogen-bond donors (Lipinski definition) is 3. The SMILES string of the molecule is COc1cc(O)c(C(=O)C=Cc2ccccc2)c(OC)c1.Cc1ccc(Cl)c(Nc2ccccc2C(=O)O)c1Cl.[NaH]. The Morgan fingerprint density at radius 2 is 1.56 bits per heavy atom. The summed E-state index contributed by atoms with van der Waals surface area (Å²) in [6.07, 6.45) is 3.09. The number of halogens is 2. The number of methoxy groups -OCH3 is 2. The molecule has 0 aliphatic carbocycles. The number of carboxylic acids is 1. The fraction of sp³-hybridized carbons (Fsp3) is 0.0968. The Labute approximate surface area is 270 Å². The van der Waals surface area contributed by atoms with E-state index in [1.165, 1.54) is 32.4 Å². The average Bonchev–Trinajstić information content (AvgIpc) is 2.96. The summed E-state index contributed by atoms with van der Waals surface area (Å²) in [7, 11) is 2.91. The Morgan fingerprint density at radius 3 is 2.20 bits per heavy atom. The molecular weight excluding hydrogens is 576 g/mol. The van der Waals surface area contributed by atoms with E-state index in [4.69, 9.17) is 37.8 Å². The van der Waals surface area contributed by atoms with E-state index in [-0.39, 0.29) is 58.0 Å². The van der Waals surface area contributed by atoms with E-state index in [0.29, 0.717) is 27.2 Å². The van der Waals surface area contributed by atoms with E-state index in [2.05, 4.69) is 5.32 Å². The van der Waals surface area contributed by atoms with Gasteiger partial charge in [-0.3, -0.25) is 4.79 Å². The molecule has 0 heterocycles. The molecule has 41 heavy (non-hydrogen) atoms. The number of hydrogen-bond acceptors (Lipinski definition) is 6. The summed E-state index contributed by atoms with van der Waals surface area (Å²) in [5, 5.41) is 23.0. The summed E-state index contributed by atoms with van der Waals surface area (Å²) < 4.78 is 10.2. The molecule has 0 spiro atoms. The minimum absolute atomic E-state index is 0. The van der Waals surface area contributed by atoms with Gasteiger partial charge in [0.05, 0.1) is 41.2 Å². The second-order valence-electron chi connectivity index (χ2n) is 8.36. The number of aromatic hydroxyl groups is 1. The zero-order valence-electron chi connectivity index (χ0n) is 21.9. The summed E-state index contributed by atoms with van der Waals surface area (Å²) in [6, 6.07) is 22.5. The number of benzene rings is 4. The van der Waals surface area contributed by atoms with Crippen molar-refractivity contribution in [1.82, 2.24) is 0 Å². The average molecular weight is 604 g/mol. The molecule has 0 atom stereocenters. The van der Waals surface area contributed by atoms with Gasteiger partial charge in [-0.15, -0.1) is 0 Å². The number of allylic oxidation sites excluding steroid dienone is 1. The van der Waals surface area contributed by atoms with Gasteiger partial charge in [0.15, 0.2) is 5.78 Å². The predicted octanol–water partition coefficient (Wildman–Crippen LogP) is 7.40. The number of rotatable bonds is 8. The molecule has 7 nitrogen and oxygen atoms in total. The standard InChI is InChI=1S/C17H16O4.C14H11Cl2NO2.Na.H/c1-20-13-10-15(19)17(16(11-13)21-2)14(18)9-8-12-6-4-3-5-7-12;1-8-6-7-10(15)13(12(8)16)17-11-5-3-2-4-9(11)14(18)19;;/h3-11,19H,1-2H3;2-7,17H,1H3,(H,18,19);;. The number of aromatic carboxylic acids is 1. The van der Waals surface area contributed by atoms with Crippen LogP contribution in [0.1, 0.15) is 31.8 Å². The third kappa shape index (κ3) is 9.01. The third-order valence-electron chi connectivity index (χ3n) is 5.68. The molecule has 0 radical (unpaired) electrons. The van der Waals surface area contributed by atoms with Crippen LogP contribution in [-0.2, 0) is 0 Å². The van der Waals surface area contributed by atoms with Gasteiger partial charge >= 0.3 is 35.5 Å². The molecule has 4 rings (SSSR count). The normalized spacial score (nSPS) is 10.2. The van der Waals surface area contributed by atoms with Crippen LogP contribution in [0, 0.1) is 6.92 Å². The van der Waals surface area contributed by atoms with Crippen LogP contribution in [0.4, 0.5) is 11.4 Å². The Hall–Kier alpha value is -3.46. The quantitative estimate of drug-likeness (QED) is 0.109. The fourth-order valence-electron chi connectivity index (χ4n) is 3.61. The summed E-state index contributed by atoms with van der Waals surface area (Å²) in [6.45, 7) is 1.85. The van der Waals surface area contributed by atoms with Crippen LogP contribution in [0.2, 0.25) is 10.0 Å². The van der Waals surface area contributed by atoms with Crippen molar-refractivity contribution in [3.8, 4) is 17.2 Å². The molecule has 0 aliphatic rings. The second kappa shape index (κ2) is 16.1. The van der Waals surface area contributed by atoms with Crippen LogP contribution in [0.25, 0.3) is 6.08 Å². The van der Waals surface area contributed by atoms with Crippen molar-refractivity contribution >= 4 is 82.0 Å². The van der Waals surface area contributed by atoms with Crippen LogP contribution in [0.3, 0.4) is 0 Å². The van der Waals surface area contributed by atoms with Gasteiger partial charge in [0.25, 0.3) is 0 Å². The number of aryl methyl sites for hydroxylation is 1. The third-order valence-corrected chi connectivity index (χ3v) is 6.49. The van der Waals surface area contributed by atoms with Gasteiger partial charge in [0.2, 0.25) is 0 Å². The topological polar surface area (TPSA) is 105 Å². The number of phenolic OH excluding ortho intramolecular Hbond substituents is 1. The van der Waals surface area contributed by atoms with Crippen molar-refractivity contribution in [2.45, 2.75) is 6.92 Å². The Bertz CT molecular complexity index is 1540. The molecule has 0 aromatic heterocycles. The van der Waals surface area contributed by atoms with Crippen LogP contribution in [0.5, 0.6) is 17.2 Å². The van der Waals surface area contributed by atoms with E-state index in [0.717, 1.165) is 11.1 Å². The number of carbonyl (C=O) groups is 2. The number of para-hydroxylation sites is 1. The molecular formula is C31H28Cl2NNaO6. The maximum atomic E-state index is 12.3. The van der Waals surface area contributed by atoms with Crippen LogP contribution in [0.15, 0.2) is 84.9 Å². The van der Waals surface area contributed by atoms with Crippen LogP contribution < -0.4 is 14.8 Å². The van der Waals surface area contributed by atoms with Crippen molar-refractivity contribution in [1.29, 1.82) is 0 Å². The van der Waals surface area contributed by atoms with Gasteiger partial charge in [-0.25, -0.2) is 4.79 Å². The van der Waals surface area contributed by atoms with Gasteiger partial charge in [0.1, 0.15) is 22.8 Å². The van der Waals surface area contributed by atoms with Crippen molar-refractivity contribution in [2.75, 3.05) is 19.5 Å². The van der Waals surface area contributed by atoms with Gasteiger partial charge in [0, 0.05) is 12.1 Å². The Kier molecular flexibility index (Phi) is 13.3. The minimum atomic E-state index is -1.01. The number of phenols is 1. The number of carbonyl (C=O) groups excluding carboxylic acids is 1. The summed E-state index contributed by atoms with van der Waals surface area (Å²) in [4.78, 5) is 23.4. The fourth-order valence-corrected chi connectivity index (χ4v) is 4.07. The molecule has 0 bridgehead atoms. The second-order valence-corrected chi connectivity index (χ2v) is 9.15. The summed E-state index contributed by atoms with van der Waals surface area (Å²) >= 11 is 12.3. The Balaban J connectivity index is 0.000000281. The van der Waals surface area contributed by atoms with Crippen molar-refractivity contribution in [2.24, 2.45) is 0 Å². The molecule has 0 saturated carbocycles. The number of ether oxygens (including phenoxy) is 2. The first kappa shape index (κ1) is 33.7. The van der Waals surface area contributed by atoms with Gasteiger partial charge in [-0.05, 0) is 42.3 Å². The summed E-state index contributed by atoms with van der Waals surface area (Å²) in [5.41, 5.74) is 3.00. The molecule has 208 valence electrons. The maximum absolute atomic E-state index is 12.3. The molecule has 4 aromatic rings. The zero-order chi connectivity index (χ0) is 29.2. The van der Waals surface area contributed by atoms with Gasteiger partial charge < -0.3 is 25.0 Å². The zero-order valence-corrected chi connectivity index (χ0v) is 23.5. The molecule has 10 heteroatoms. The molecule has 0 fully saturated rings. The molecule has 0 amide bonds. The number of anilines is 2. The monoisotopic (exact) mass is 603 g/mol. The van der Waals surface area contributed by atoms with Gasteiger partial charge in [-0.2, -0.15) is 0 Å². The number of nitrogens with one attached hydrogen (secondary N) is 1. The van der Waals surface area contributed by atoms with Crippen molar-refractivity contribution in [3.63, 3.8) is 0 Å². The van der Waals surface area contributed by atoms with E-state index in [9.17, 15) is 14.7 Å². The van der Waals surface area contributed by atoms with Crippen molar-refractivity contribution < 1.29 is 29.3 Å². The predicted molar refractivity (Wildman–Crippen MR) is 166 cm³/mol. The van der Waals surface area contributed by atoms with Crippen molar-refractivity contribution in [3.05, 3.63) is 117 Å². The molecule has 4 aromatic carbocycles. The first-order valence-electron chi connectivity index (χ1n) is 11.9. The Morgan fingerprint density at radius 1 is 0.902 bits per heavy atom. The first-order valence-corrected chi connectivity index (χ1v) is 12.7. The van der Waals surface area contributed by atoms with Crippen LogP contribution >= 0.6 is 23.2 Å². The molecule has 0 unspecified atom stereocenters. The molecule has 0 aliphatic heterocycles. The van der Waals surface area contributed by atoms with E-state index >= 15 is 0 Å². The summed E-state index contributed by atoms with van der Waals surface area (Å²) in [5.74, 6) is -0.824. The van der Waals surface area contributed by atoms with E-state index in [1.54, 1.807) is 42.5 Å². The molecule has 0 saturated heterocycles. The first-order chi connectivity index (χ1) is 19.2. The number of ketones is 1. The van der Waals surface area contributed by atoms with Gasteiger partial charge in [-0.1, -0.05) is 77.8 Å². The van der Waals surface area contributed by atoms with E-state index < -0.39 is 5.97 Å². The molecule has 3 N–H and O–H groups in total. The van der Waals surface area contributed by atoms with Crippen LogP contribution in [-0.4, -0.2) is 65.7 Å².